The van der Waals surface area contributed by atoms with Crippen LogP contribution in [0, 0.1) is 35.5 Å². The van der Waals surface area contributed by atoms with Crippen LogP contribution in [0.15, 0.2) is 10.3 Å². The summed E-state index contributed by atoms with van der Waals surface area (Å²) in [4.78, 5) is 5.31. The highest BCUT2D eigenvalue weighted by atomic mass is 16.4. The van der Waals surface area contributed by atoms with E-state index in [1.54, 1.807) is 0 Å². The molecule has 184 valence electrons. The number of oxime groups is 2. The van der Waals surface area contributed by atoms with Gasteiger partial charge in [-0.1, -0.05) is 29.6 Å². The smallest absolute Gasteiger partial charge is 0.0775 e. The van der Waals surface area contributed by atoms with Crippen LogP contribution < -0.4 is 0 Å². The van der Waals surface area contributed by atoms with E-state index in [0.717, 1.165) is 35.1 Å². The highest BCUT2D eigenvalue weighted by Gasteiger charge is 2.49. The minimum absolute atomic E-state index is 0.450. The van der Waals surface area contributed by atoms with Gasteiger partial charge in [-0.15, -0.1) is 0 Å². The first-order chi connectivity index (χ1) is 16.2. The highest BCUT2D eigenvalue weighted by Crippen LogP contribution is 2.47. The topological polar surface area (TPSA) is 71.7 Å². The summed E-state index contributed by atoms with van der Waals surface area (Å²) in [7, 11) is 0. The minimum atomic E-state index is 0.450. The molecule has 0 aromatic carbocycles. The third kappa shape index (κ3) is 4.13. The van der Waals surface area contributed by atoms with Crippen LogP contribution in [0.5, 0.6) is 0 Å². The Hall–Kier alpha value is -1.14. The van der Waals surface area contributed by atoms with Gasteiger partial charge >= 0.3 is 0 Å². The maximum atomic E-state index is 9.55. The van der Waals surface area contributed by atoms with Crippen LogP contribution in [0.25, 0.3) is 0 Å². The van der Waals surface area contributed by atoms with Crippen molar-refractivity contribution in [2.45, 2.75) is 95.6 Å². The Morgan fingerprint density at radius 2 is 1.03 bits per heavy atom. The summed E-state index contributed by atoms with van der Waals surface area (Å²) in [6, 6.07) is 0.901. The Labute approximate surface area is 199 Å². The number of hydrogen-bond acceptors (Lipinski definition) is 6. The Bertz CT molecular complexity index is 691. The molecule has 6 nitrogen and oxygen atoms in total. The van der Waals surface area contributed by atoms with Crippen LogP contribution in [0.2, 0.25) is 0 Å². The summed E-state index contributed by atoms with van der Waals surface area (Å²) in [5, 5.41) is 26.6. The number of piperidine rings is 2. The third-order valence-electron chi connectivity index (χ3n) is 10.8. The molecule has 0 amide bonds. The van der Waals surface area contributed by atoms with Gasteiger partial charge in [-0.2, -0.15) is 0 Å². The molecule has 4 bridgehead atoms. The Kier molecular flexibility index (Phi) is 6.42. The average molecular weight is 457 g/mol. The van der Waals surface area contributed by atoms with Crippen molar-refractivity contribution < 1.29 is 10.4 Å². The maximum Gasteiger partial charge on any atom is 0.0775 e. The first-order valence-corrected chi connectivity index (χ1v) is 14.2. The van der Waals surface area contributed by atoms with Crippen molar-refractivity contribution in [2.24, 2.45) is 45.8 Å². The lowest BCUT2D eigenvalue weighted by Gasteiger charge is -2.40. The van der Waals surface area contributed by atoms with Crippen molar-refractivity contribution in [2.75, 3.05) is 26.2 Å². The van der Waals surface area contributed by atoms with Crippen molar-refractivity contribution in [1.82, 2.24) is 9.80 Å². The molecule has 2 N–H and O–H groups in total. The van der Waals surface area contributed by atoms with Crippen molar-refractivity contribution >= 4 is 11.4 Å². The normalized spacial score (nSPS) is 42.9. The van der Waals surface area contributed by atoms with E-state index < -0.39 is 0 Å². The first-order valence-electron chi connectivity index (χ1n) is 14.2. The second-order valence-corrected chi connectivity index (χ2v) is 12.4. The molecule has 0 aromatic rings. The molecule has 6 atom stereocenters. The van der Waals surface area contributed by atoms with Gasteiger partial charge in [0.2, 0.25) is 0 Å². The molecule has 4 aliphatic carbocycles. The lowest BCUT2D eigenvalue weighted by Crippen LogP contribution is -2.48. The van der Waals surface area contributed by atoms with Crippen LogP contribution in [0.4, 0.5) is 0 Å². The van der Waals surface area contributed by atoms with Gasteiger partial charge in [0.05, 0.1) is 23.5 Å². The fraction of sp³-hybridized carbons (Fsp3) is 0.926. The predicted molar refractivity (Wildman–Crippen MR) is 130 cm³/mol. The third-order valence-corrected chi connectivity index (χ3v) is 10.8. The first kappa shape index (κ1) is 22.3. The van der Waals surface area contributed by atoms with Gasteiger partial charge in [0.15, 0.2) is 0 Å². The van der Waals surface area contributed by atoms with Crippen molar-refractivity contribution in [3.05, 3.63) is 0 Å². The quantitative estimate of drug-likeness (QED) is 0.443. The molecule has 0 spiro atoms. The molecule has 2 saturated heterocycles. The molecule has 6 heteroatoms. The van der Waals surface area contributed by atoms with Crippen LogP contribution in [-0.2, 0) is 0 Å². The number of rotatable bonds is 6. The fourth-order valence-corrected chi connectivity index (χ4v) is 9.10. The summed E-state index contributed by atoms with van der Waals surface area (Å²) in [5.41, 5.74) is 2.22. The van der Waals surface area contributed by atoms with E-state index in [-0.39, 0.29) is 0 Å². The molecule has 6 rings (SSSR count). The van der Waals surface area contributed by atoms with Gasteiger partial charge in [-0.25, -0.2) is 0 Å². The highest BCUT2D eigenvalue weighted by molar-refractivity contribution is 5.95. The number of nitrogens with zero attached hydrogens (tertiary/aromatic N) is 4. The second-order valence-electron chi connectivity index (χ2n) is 12.4. The van der Waals surface area contributed by atoms with Crippen LogP contribution in [-0.4, -0.2) is 69.9 Å². The zero-order chi connectivity index (χ0) is 22.4. The van der Waals surface area contributed by atoms with Crippen LogP contribution in [0.3, 0.4) is 0 Å². The lowest BCUT2D eigenvalue weighted by molar-refractivity contribution is 0.119. The number of fused-ring (bicyclic) bond motifs is 4. The van der Waals surface area contributed by atoms with Gasteiger partial charge in [0, 0.05) is 11.8 Å². The molecule has 6 aliphatic rings. The standard InChI is InChI=1S/C27H44N4O2/c32-28-24-20-4-6-22(16-20)26(24)30-12-8-18(9-13-30)2-1-3-19-10-14-31(15-11-19)27-23-7-5-21(17-23)25(27)29-33/h18-23,26-27,32-33H,1-17H2/b28-24-,29-25+/t20-,21+,22+,23-,26+,27-/m1/s1. The summed E-state index contributed by atoms with van der Waals surface area (Å²) in [6.45, 7) is 4.81. The van der Waals surface area contributed by atoms with Gasteiger partial charge in [-0.05, 0) is 114 Å². The zero-order valence-corrected chi connectivity index (χ0v) is 20.3. The van der Waals surface area contributed by atoms with Crippen molar-refractivity contribution in [1.29, 1.82) is 0 Å². The molecule has 33 heavy (non-hydrogen) atoms. The molecular weight excluding hydrogens is 412 g/mol. The molecule has 2 aliphatic heterocycles. The van der Waals surface area contributed by atoms with E-state index in [2.05, 4.69) is 20.1 Å². The molecule has 0 unspecified atom stereocenters. The van der Waals surface area contributed by atoms with E-state index in [1.807, 2.05) is 0 Å². The Balaban J connectivity index is 0.904. The van der Waals surface area contributed by atoms with Gasteiger partial charge in [0.25, 0.3) is 0 Å². The molecular formula is C27H44N4O2. The summed E-state index contributed by atoms with van der Waals surface area (Å²) >= 11 is 0. The van der Waals surface area contributed by atoms with Crippen molar-refractivity contribution in [3.63, 3.8) is 0 Å². The maximum absolute atomic E-state index is 9.55. The average Bonchev–Trinajstić information content (AvgIpc) is 3.65. The minimum Gasteiger partial charge on any atom is -0.411 e. The van der Waals surface area contributed by atoms with E-state index in [0.29, 0.717) is 23.9 Å². The number of likely N-dealkylation sites (tertiary alicyclic amines) is 2. The molecule has 0 radical (unpaired) electrons. The molecule has 4 saturated carbocycles. The molecule has 0 aromatic heterocycles. The van der Waals surface area contributed by atoms with Gasteiger partial charge in [0.1, 0.15) is 0 Å². The van der Waals surface area contributed by atoms with E-state index in [9.17, 15) is 10.4 Å². The second kappa shape index (κ2) is 9.49. The largest absolute Gasteiger partial charge is 0.411 e. The predicted octanol–water partition coefficient (Wildman–Crippen LogP) is 4.84. The molecule has 2 heterocycles. The monoisotopic (exact) mass is 456 g/mol. The van der Waals surface area contributed by atoms with E-state index in [4.69, 9.17) is 0 Å². The lowest BCUT2D eigenvalue weighted by atomic mass is 9.84. The summed E-state index contributed by atoms with van der Waals surface area (Å²) < 4.78 is 0. The summed E-state index contributed by atoms with van der Waals surface area (Å²) in [6.07, 6.45) is 17.2. The van der Waals surface area contributed by atoms with Crippen LogP contribution in [0.1, 0.15) is 83.5 Å². The van der Waals surface area contributed by atoms with Crippen LogP contribution >= 0.6 is 0 Å². The van der Waals surface area contributed by atoms with Gasteiger partial charge < -0.3 is 10.4 Å². The Morgan fingerprint density at radius 3 is 1.42 bits per heavy atom. The van der Waals surface area contributed by atoms with E-state index >= 15 is 0 Å². The van der Waals surface area contributed by atoms with E-state index in [1.165, 1.54) is 110 Å². The fourth-order valence-electron chi connectivity index (χ4n) is 9.10. The summed E-state index contributed by atoms with van der Waals surface area (Å²) in [5.74, 6) is 4.43. The SMILES string of the molecule is O/N=C1/[C@@H]2CC[C@@H](C2)[C@@H]1N1CCC(CCCC2CCN([C@H]3/C(=N/O)[C@H]4CC[C@@H]3C4)CC2)CC1. The van der Waals surface area contributed by atoms with Crippen molar-refractivity contribution in [3.8, 4) is 0 Å². The zero-order valence-electron chi connectivity index (χ0n) is 20.3. The Morgan fingerprint density at radius 1 is 0.606 bits per heavy atom. The number of hydrogen-bond donors (Lipinski definition) is 2. The molecule has 6 fully saturated rings. The van der Waals surface area contributed by atoms with Gasteiger partial charge in [-0.3, -0.25) is 9.80 Å².